The van der Waals surface area contributed by atoms with Gasteiger partial charge in [-0.15, -0.1) is 0 Å². The van der Waals surface area contributed by atoms with Crippen molar-refractivity contribution < 1.29 is 4.79 Å². The van der Waals surface area contributed by atoms with E-state index in [1.807, 2.05) is 29.2 Å². The van der Waals surface area contributed by atoms with Crippen LogP contribution in [0.3, 0.4) is 0 Å². The Morgan fingerprint density at radius 1 is 1.22 bits per heavy atom. The Bertz CT molecular complexity index is 459. The molecule has 1 heterocycles. The summed E-state index contributed by atoms with van der Waals surface area (Å²) in [5, 5.41) is 4.08. The third-order valence-electron chi connectivity index (χ3n) is 3.60. The van der Waals surface area contributed by atoms with E-state index in [9.17, 15) is 4.79 Å². The van der Waals surface area contributed by atoms with Crippen LogP contribution in [0.4, 0.5) is 5.69 Å². The van der Waals surface area contributed by atoms with E-state index >= 15 is 0 Å². The second-order valence-corrected chi connectivity index (χ2v) is 5.48. The summed E-state index contributed by atoms with van der Waals surface area (Å²) in [5.74, 6) is 0.168. The van der Waals surface area contributed by atoms with Crippen LogP contribution >= 0.6 is 11.6 Å². The first-order valence-electron chi connectivity index (χ1n) is 6.57. The monoisotopic (exact) mass is 264 g/mol. The van der Waals surface area contributed by atoms with Crippen molar-refractivity contribution in [2.45, 2.75) is 37.8 Å². The maximum Gasteiger partial charge on any atom is 0.244 e. The number of carbonyl (C=O) groups is 1. The first-order chi connectivity index (χ1) is 8.75. The molecule has 0 radical (unpaired) electrons. The average molecular weight is 265 g/mol. The number of anilines is 1. The van der Waals surface area contributed by atoms with Gasteiger partial charge >= 0.3 is 0 Å². The SMILES string of the molecule is O=C1C(NC2CC2)CCCN1c1ccccc1Cl. The van der Waals surface area contributed by atoms with Crippen LogP contribution in [0.5, 0.6) is 0 Å². The Kier molecular flexibility index (Phi) is 3.27. The lowest BCUT2D eigenvalue weighted by Gasteiger charge is -2.33. The Hall–Kier alpha value is -1.06. The fourth-order valence-electron chi connectivity index (χ4n) is 2.47. The largest absolute Gasteiger partial charge is 0.310 e. The molecule has 1 saturated carbocycles. The van der Waals surface area contributed by atoms with Gasteiger partial charge in [0.25, 0.3) is 0 Å². The zero-order valence-corrected chi connectivity index (χ0v) is 11.0. The van der Waals surface area contributed by atoms with Gasteiger partial charge < -0.3 is 10.2 Å². The first-order valence-corrected chi connectivity index (χ1v) is 6.95. The number of piperidine rings is 1. The molecule has 4 heteroatoms. The standard InChI is InChI=1S/C14H17ClN2O/c15-11-4-1-2-6-13(11)17-9-3-5-12(14(17)18)16-10-7-8-10/h1-2,4,6,10,12,16H,3,5,7-9H2. The van der Waals surface area contributed by atoms with E-state index in [4.69, 9.17) is 11.6 Å². The van der Waals surface area contributed by atoms with Gasteiger partial charge in [0, 0.05) is 12.6 Å². The number of hydrogen-bond donors (Lipinski definition) is 1. The number of para-hydroxylation sites is 1. The molecule has 1 saturated heterocycles. The van der Waals surface area contributed by atoms with Gasteiger partial charge in [-0.05, 0) is 37.8 Å². The van der Waals surface area contributed by atoms with Gasteiger partial charge in [0.15, 0.2) is 0 Å². The molecule has 2 fully saturated rings. The molecule has 1 amide bonds. The van der Waals surface area contributed by atoms with Crippen LogP contribution in [0.25, 0.3) is 0 Å². The summed E-state index contributed by atoms with van der Waals surface area (Å²) in [4.78, 5) is 14.3. The van der Waals surface area contributed by atoms with Crippen molar-refractivity contribution in [3.63, 3.8) is 0 Å². The molecule has 1 atom stereocenters. The maximum atomic E-state index is 12.4. The number of amides is 1. The molecule has 0 spiro atoms. The summed E-state index contributed by atoms with van der Waals surface area (Å²) < 4.78 is 0. The van der Waals surface area contributed by atoms with Crippen molar-refractivity contribution in [3.05, 3.63) is 29.3 Å². The number of carbonyl (C=O) groups excluding carboxylic acids is 1. The lowest BCUT2D eigenvalue weighted by atomic mass is 10.0. The third kappa shape index (κ3) is 2.38. The van der Waals surface area contributed by atoms with E-state index in [-0.39, 0.29) is 11.9 Å². The lowest BCUT2D eigenvalue weighted by Crippen LogP contribution is -2.51. The summed E-state index contributed by atoms with van der Waals surface area (Å²) in [6.45, 7) is 0.769. The van der Waals surface area contributed by atoms with Gasteiger partial charge in [0.2, 0.25) is 5.91 Å². The highest BCUT2D eigenvalue weighted by Gasteiger charge is 2.34. The van der Waals surface area contributed by atoms with Gasteiger partial charge in [0.1, 0.15) is 0 Å². The van der Waals surface area contributed by atoms with Crippen molar-refractivity contribution in [1.29, 1.82) is 0 Å². The topological polar surface area (TPSA) is 32.3 Å². The van der Waals surface area contributed by atoms with Crippen LogP contribution in [0.1, 0.15) is 25.7 Å². The highest BCUT2D eigenvalue weighted by molar-refractivity contribution is 6.33. The van der Waals surface area contributed by atoms with Crippen LogP contribution in [-0.2, 0) is 4.79 Å². The second kappa shape index (κ2) is 4.90. The quantitative estimate of drug-likeness (QED) is 0.910. The summed E-state index contributed by atoms with van der Waals surface area (Å²) in [5.41, 5.74) is 0.839. The highest BCUT2D eigenvalue weighted by Crippen LogP contribution is 2.29. The zero-order chi connectivity index (χ0) is 12.5. The van der Waals surface area contributed by atoms with E-state index in [1.54, 1.807) is 0 Å². The van der Waals surface area contributed by atoms with Crippen LogP contribution in [-0.4, -0.2) is 24.5 Å². The van der Waals surface area contributed by atoms with E-state index < -0.39 is 0 Å². The van der Waals surface area contributed by atoms with E-state index in [1.165, 1.54) is 12.8 Å². The Balaban J connectivity index is 1.79. The van der Waals surface area contributed by atoms with Crippen molar-refractivity contribution in [2.75, 3.05) is 11.4 Å². The molecule has 1 aromatic carbocycles. The molecule has 0 aromatic heterocycles. The van der Waals surface area contributed by atoms with Gasteiger partial charge in [-0.1, -0.05) is 23.7 Å². The van der Waals surface area contributed by atoms with Gasteiger partial charge in [0.05, 0.1) is 16.8 Å². The molecule has 1 aliphatic heterocycles. The number of benzene rings is 1. The predicted molar refractivity (Wildman–Crippen MR) is 73.0 cm³/mol. The normalized spacial score (nSPS) is 24.4. The van der Waals surface area contributed by atoms with Crippen LogP contribution in [0.2, 0.25) is 5.02 Å². The minimum Gasteiger partial charge on any atom is -0.310 e. The maximum absolute atomic E-state index is 12.4. The Labute approximate surface area is 112 Å². The molecule has 1 unspecified atom stereocenters. The minimum absolute atomic E-state index is 0.0254. The van der Waals surface area contributed by atoms with Gasteiger partial charge in [-0.3, -0.25) is 4.79 Å². The summed E-state index contributed by atoms with van der Waals surface area (Å²) in [6, 6.07) is 8.10. The first kappa shape index (κ1) is 12.0. The van der Waals surface area contributed by atoms with E-state index in [0.29, 0.717) is 11.1 Å². The molecular formula is C14H17ClN2O. The molecule has 96 valence electrons. The number of nitrogens with one attached hydrogen (secondary N) is 1. The zero-order valence-electron chi connectivity index (χ0n) is 10.2. The molecule has 1 aliphatic carbocycles. The third-order valence-corrected chi connectivity index (χ3v) is 3.92. The van der Waals surface area contributed by atoms with Crippen molar-refractivity contribution in [2.24, 2.45) is 0 Å². The summed E-state index contributed by atoms with van der Waals surface area (Å²) in [7, 11) is 0. The number of halogens is 1. The van der Waals surface area contributed by atoms with Crippen LogP contribution in [0.15, 0.2) is 24.3 Å². The molecule has 3 rings (SSSR count). The molecule has 3 nitrogen and oxygen atoms in total. The lowest BCUT2D eigenvalue weighted by molar-refractivity contribution is -0.121. The molecular weight excluding hydrogens is 248 g/mol. The van der Waals surface area contributed by atoms with Crippen molar-refractivity contribution >= 4 is 23.2 Å². The second-order valence-electron chi connectivity index (χ2n) is 5.08. The molecule has 2 aliphatic rings. The van der Waals surface area contributed by atoms with Gasteiger partial charge in [-0.2, -0.15) is 0 Å². The number of rotatable bonds is 3. The Morgan fingerprint density at radius 2 is 2.00 bits per heavy atom. The van der Waals surface area contributed by atoms with Crippen molar-refractivity contribution in [3.8, 4) is 0 Å². The molecule has 0 bridgehead atoms. The van der Waals surface area contributed by atoms with Crippen molar-refractivity contribution in [1.82, 2.24) is 5.32 Å². The molecule has 1 N–H and O–H groups in total. The average Bonchev–Trinajstić information content (AvgIpc) is 3.17. The summed E-state index contributed by atoms with van der Waals surface area (Å²) >= 11 is 6.17. The fraction of sp³-hybridized carbons (Fsp3) is 0.500. The smallest absolute Gasteiger partial charge is 0.244 e. The summed E-state index contributed by atoms with van der Waals surface area (Å²) in [6.07, 6.45) is 4.38. The number of hydrogen-bond acceptors (Lipinski definition) is 2. The predicted octanol–water partition coefficient (Wildman–Crippen LogP) is 2.59. The van der Waals surface area contributed by atoms with E-state index in [2.05, 4.69) is 5.32 Å². The fourth-order valence-corrected chi connectivity index (χ4v) is 2.71. The minimum atomic E-state index is -0.0254. The van der Waals surface area contributed by atoms with Crippen LogP contribution < -0.4 is 10.2 Å². The molecule has 18 heavy (non-hydrogen) atoms. The Morgan fingerprint density at radius 3 is 2.72 bits per heavy atom. The molecule has 1 aromatic rings. The number of nitrogens with zero attached hydrogens (tertiary/aromatic N) is 1. The van der Waals surface area contributed by atoms with Crippen LogP contribution in [0, 0.1) is 0 Å². The highest BCUT2D eigenvalue weighted by atomic mass is 35.5. The van der Waals surface area contributed by atoms with Gasteiger partial charge in [-0.25, -0.2) is 0 Å². The van der Waals surface area contributed by atoms with E-state index in [0.717, 1.165) is 25.1 Å².